The Hall–Kier alpha value is -1.43. The van der Waals surface area contributed by atoms with Crippen molar-refractivity contribution in [3.63, 3.8) is 0 Å². The highest BCUT2D eigenvalue weighted by Gasteiger charge is 2.27. The van der Waals surface area contributed by atoms with Crippen molar-refractivity contribution in [2.75, 3.05) is 13.2 Å². The fraction of sp³-hybridized carbons (Fsp3) is 0.700. The van der Waals surface area contributed by atoms with Crippen LogP contribution in [0.4, 0.5) is 0 Å². The molecule has 0 bridgehead atoms. The molecule has 0 saturated carbocycles. The predicted molar refractivity (Wildman–Crippen MR) is 55.4 cm³/mol. The molecule has 6 nitrogen and oxygen atoms in total. The van der Waals surface area contributed by atoms with Gasteiger partial charge in [-0.3, -0.25) is 0 Å². The third kappa shape index (κ3) is 1.92. The van der Waals surface area contributed by atoms with Gasteiger partial charge in [0.2, 0.25) is 0 Å². The van der Waals surface area contributed by atoms with E-state index >= 15 is 0 Å². The number of carboxylic acid groups (broad SMARTS) is 1. The van der Waals surface area contributed by atoms with E-state index in [1.54, 1.807) is 4.68 Å². The number of aromatic nitrogens is 3. The first kappa shape index (κ1) is 11.1. The highest BCUT2D eigenvalue weighted by atomic mass is 16.5. The second kappa shape index (κ2) is 4.61. The predicted octanol–water partition coefficient (Wildman–Crippen LogP) is 0.890. The zero-order valence-electron chi connectivity index (χ0n) is 9.22. The van der Waals surface area contributed by atoms with Crippen LogP contribution in [0.15, 0.2) is 0 Å². The molecule has 0 radical (unpaired) electrons. The Kier molecular flexibility index (Phi) is 3.19. The topological polar surface area (TPSA) is 77.2 Å². The zero-order chi connectivity index (χ0) is 11.5. The van der Waals surface area contributed by atoms with E-state index in [9.17, 15) is 4.79 Å². The standard InChI is InChI=1S/C10H15N3O3/c1-2-13-9(7-3-5-16-6-4-7)8(10(14)15)11-12-13/h7H,2-6H2,1H3,(H,14,15). The fourth-order valence-corrected chi connectivity index (χ4v) is 2.08. The molecule has 1 aromatic rings. The average Bonchev–Trinajstić information content (AvgIpc) is 2.73. The van der Waals surface area contributed by atoms with Crippen LogP contribution in [0, 0.1) is 0 Å². The monoisotopic (exact) mass is 225 g/mol. The summed E-state index contributed by atoms with van der Waals surface area (Å²) in [5, 5.41) is 16.7. The van der Waals surface area contributed by atoms with E-state index in [1.807, 2.05) is 6.92 Å². The van der Waals surface area contributed by atoms with Crippen LogP contribution in [0.2, 0.25) is 0 Å². The summed E-state index contributed by atoms with van der Waals surface area (Å²) >= 11 is 0. The molecular weight excluding hydrogens is 210 g/mol. The van der Waals surface area contributed by atoms with Gasteiger partial charge in [0.1, 0.15) is 0 Å². The van der Waals surface area contributed by atoms with Gasteiger partial charge in [0.25, 0.3) is 0 Å². The highest BCUT2D eigenvalue weighted by molar-refractivity contribution is 5.86. The van der Waals surface area contributed by atoms with Gasteiger partial charge in [-0.2, -0.15) is 0 Å². The molecule has 0 aromatic carbocycles. The van der Waals surface area contributed by atoms with Crippen LogP contribution in [0.5, 0.6) is 0 Å². The molecule has 1 aliphatic rings. The third-order valence-corrected chi connectivity index (χ3v) is 2.88. The van der Waals surface area contributed by atoms with E-state index in [4.69, 9.17) is 9.84 Å². The number of rotatable bonds is 3. The number of hydrogen-bond acceptors (Lipinski definition) is 4. The Morgan fingerprint density at radius 3 is 2.81 bits per heavy atom. The average molecular weight is 225 g/mol. The Morgan fingerprint density at radius 1 is 1.56 bits per heavy atom. The number of aryl methyl sites for hydroxylation is 1. The van der Waals surface area contributed by atoms with Crippen molar-refractivity contribution in [3.8, 4) is 0 Å². The number of hydrogen-bond donors (Lipinski definition) is 1. The molecule has 0 spiro atoms. The van der Waals surface area contributed by atoms with Gasteiger partial charge in [-0.05, 0) is 19.8 Å². The maximum atomic E-state index is 11.0. The minimum absolute atomic E-state index is 0.0914. The van der Waals surface area contributed by atoms with E-state index in [1.165, 1.54) is 0 Å². The molecule has 1 fully saturated rings. The second-order valence-electron chi connectivity index (χ2n) is 3.83. The SMILES string of the molecule is CCn1nnc(C(=O)O)c1C1CCOCC1. The maximum Gasteiger partial charge on any atom is 0.358 e. The molecule has 16 heavy (non-hydrogen) atoms. The van der Waals surface area contributed by atoms with Gasteiger partial charge in [0, 0.05) is 25.7 Å². The molecule has 1 N–H and O–H groups in total. The summed E-state index contributed by atoms with van der Waals surface area (Å²) in [6.45, 7) is 3.94. The molecule has 6 heteroatoms. The van der Waals surface area contributed by atoms with Crippen molar-refractivity contribution >= 4 is 5.97 Å². The second-order valence-corrected chi connectivity index (χ2v) is 3.83. The van der Waals surface area contributed by atoms with Crippen molar-refractivity contribution < 1.29 is 14.6 Å². The molecule has 1 aliphatic heterocycles. The molecule has 2 rings (SSSR count). The smallest absolute Gasteiger partial charge is 0.358 e. The molecule has 1 saturated heterocycles. The van der Waals surface area contributed by atoms with Crippen molar-refractivity contribution in [2.45, 2.75) is 32.2 Å². The van der Waals surface area contributed by atoms with Crippen molar-refractivity contribution in [3.05, 3.63) is 11.4 Å². The van der Waals surface area contributed by atoms with Crippen molar-refractivity contribution in [1.29, 1.82) is 0 Å². The summed E-state index contributed by atoms with van der Waals surface area (Å²) in [5.74, 6) is -0.795. The number of carbonyl (C=O) groups is 1. The van der Waals surface area contributed by atoms with Gasteiger partial charge in [-0.15, -0.1) is 5.10 Å². The molecular formula is C10H15N3O3. The van der Waals surface area contributed by atoms with Crippen molar-refractivity contribution in [2.24, 2.45) is 0 Å². The first-order valence-electron chi connectivity index (χ1n) is 5.48. The van der Waals surface area contributed by atoms with E-state index in [0.29, 0.717) is 19.8 Å². The molecule has 0 atom stereocenters. The van der Waals surface area contributed by atoms with Gasteiger partial charge in [0.05, 0.1) is 5.69 Å². The third-order valence-electron chi connectivity index (χ3n) is 2.88. The highest BCUT2D eigenvalue weighted by Crippen LogP contribution is 2.28. The number of nitrogens with zero attached hydrogens (tertiary/aromatic N) is 3. The van der Waals surface area contributed by atoms with Gasteiger partial charge < -0.3 is 9.84 Å². The maximum absolute atomic E-state index is 11.0. The lowest BCUT2D eigenvalue weighted by atomic mass is 9.95. The summed E-state index contributed by atoms with van der Waals surface area (Å²) < 4.78 is 6.95. The van der Waals surface area contributed by atoms with Gasteiger partial charge >= 0.3 is 5.97 Å². The fourth-order valence-electron chi connectivity index (χ4n) is 2.08. The number of aromatic carboxylic acids is 1. The molecule has 88 valence electrons. The Labute approximate surface area is 93.2 Å². The Bertz CT molecular complexity index is 383. The van der Waals surface area contributed by atoms with Gasteiger partial charge in [0.15, 0.2) is 5.69 Å². The quantitative estimate of drug-likeness (QED) is 0.826. The largest absolute Gasteiger partial charge is 0.476 e. The molecule has 1 aromatic heterocycles. The van der Waals surface area contributed by atoms with E-state index in [0.717, 1.165) is 18.5 Å². The van der Waals surface area contributed by atoms with Crippen LogP contribution >= 0.6 is 0 Å². The summed E-state index contributed by atoms with van der Waals surface area (Å²) in [7, 11) is 0. The minimum Gasteiger partial charge on any atom is -0.476 e. The lowest BCUT2D eigenvalue weighted by Gasteiger charge is -2.22. The van der Waals surface area contributed by atoms with Crippen LogP contribution in [-0.2, 0) is 11.3 Å². The van der Waals surface area contributed by atoms with Crippen LogP contribution in [0.1, 0.15) is 41.9 Å². The van der Waals surface area contributed by atoms with Gasteiger partial charge in [-0.1, -0.05) is 5.21 Å². The molecule has 2 heterocycles. The van der Waals surface area contributed by atoms with Crippen LogP contribution < -0.4 is 0 Å². The lowest BCUT2D eigenvalue weighted by Crippen LogP contribution is -2.19. The molecule has 0 unspecified atom stereocenters. The number of carboxylic acids is 1. The van der Waals surface area contributed by atoms with Crippen LogP contribution in [-0.4, -0.2) is 39.3 Å². The van der Waals surface area contributed by atoms with E-state index in [-0.39, 0.29) is 11.6 Å². The summed E-state index contributed by atoms with van der Waals surface area (Å²) in [4.78, 5) is 11.0. The van der Waals surface area contributed by atoms with E-state index < -0.39 is 5.97 Å². The summed E-state index contributed by atoms with van der Waals surface area (Å²) in [6.07, 6.45) is 1.68. The first-order valence-corrected chi connectivity index (χ1v) is 5.48. The zero-order valence-corrected chi connectivity index (χ0v) is 9.22. The van der Waals surface area contributed by atoms with Gasteiger partial charge in [-0.25, -0.2) is 9.48 Å². The summed E-state index contributed by atoms with van der Waals surface area (Å²) in [5.41, 5.74) is 0.840. The minimum atomic E-state index is -0.999. The molecule has 0 amide bonds. The molecule has 0 aliphatic carbocycles. The van der Waals surface area contributed by atoms with Crippen molar-refractivity contribution in [1.82, 2.24) is 15.0 Å². The van der Waals surface area contributed by atoms with E-state index in [2.05, 4.69) is 10.3 Å². The Balaban J connectivity index is 2.34. The Morgan fingerprint density at radius 2 is 2.25 bits per heavy atom. The summed E-state index contributed by atoms with van der Waals surface area (Å²) in [6, 6.07) is 0. The normalized spacial score (nSPS) is 17.6. The van der Waals surface area contributed by atoms with Crippen LogP contribution in [0.25, 0.3) is 0 Å². The first-order chi connectivity index (χ1) is 7.74. The number of ether oxygens (including phenoxy) is 1. The van der Waals surface area contributed by atoms with Crippen LogP contribution in [0.3, 0.4) is 0 Å². The lowest BCUT2D eigenvalue weighted by molar-refractivity contribution is 0.0677.